The second kappa shape index (κ2) is 6.25. The number of anilines is 1. The highest BCUT2D eigenvalue weighted by molar-refractivity contribution is 5.45. The minimum absolute atomic E-state index is 0.00661. The van der Waals surface area contributed by atoms with Gasteiger partial charge in [0.15, 0.2) is 11.6 Å². The maximum Gasteiger partial charge on any atom is 0.161 e. The van der Waals surface area contributed by atoms with Crippen molar-refractivity contribution in [1.82, 2.24) is 0 Å². The van der Waals surface area contributed by atoms with Crippen molar-refractivity contribution in [2.24, 2.45) is 5.92 Å². The molecular weight excluding hydrogens is 259 g/mol. The normalized spacial score (nSPS) is 16.4. The molecule has 19 heavy (non-hydrogen) atoms. The van der Waals surface area contributed by atoms with Crippen molar-refractivity contribution in [2.75, 3.05) is 25.1 Å². The number of hydrogen-bond donors (Lipinski definition) is 2. The zero-order chi connectivity index (χ0) is 13.8. The first-order valence-electron chi connectivity index (χ1n) is 6.20. The van der Waals surface area contributed by atoms with Crippen LogP contribution in [0.5, 0.6) is 0 Å². The molecule has 1 unspecified atom stereocenters. The number of aliphatic hydroxyl groups is 1. The van der Waals surface area contributed by atoms with Crippen molar-refractivity contribution < 1.29 is 23.0 Å². The lowest BCUT2D eigenvalue weighted by molar-refractivity contribution is 0.0386. The first-order chi connectivity index (χ1) is 9.06. The van der Waals surface area contributed by atoms with E-state index in [4.69, 9.17) is 4.74 Å². The van der Waals surface area contributed by atoms with E-state index in [-0.39, 0.29) is 18.8 Å². The third-order valence-electron chi connectivity index (χ3n) is 2.90. The van der Waals surface area contributed by atoms with Crippen LogP contribution in [0.3, 0.4) is 0 Å². The Balaban J connectivity index is 1.75. The molecule has 1 saturated carbocycles. The molecule has 1 atom stereocenters. The number of nitrogens with one attached hydrogen (secondary N) is 1. The quantitative estimate of drug-likeness (QED) is 0.750. The monoisotopic (exact) mass is 275 g/mol. The largest absolute Gasteiger partial charge is 0.389 e. The molecule has 2 rings (SSSR count). The molecule has 3 nitrogen and oxygen atoms in total. The van der Waals surface area contributed by atoms with Crippen molar-refractivity contribution >= 4 is 5.69 Å². The molecule has 0 heterocycles. The molecule has 1 aromatic carbocycles. The zero-order valence-corrected chi connectivity index (χ0v) is 10.3. The minimum atomic E-state index is -1.24. The van der Waals surface area contributed by atoms with Gasteiger partial charge in [0.2, 0.25) is 0 Å². The average Bonchev–Trinajstić information content (AvgIpc) is 3.16. The van der Waals surface area contributed by atoms with E-state index < -0.39 is 23.6 Å². The molecule has 1 aliphatic carbocycles. The van der Waals surface area contributed by atoms with Crippen LogP contribution in [-0.4, -0.2) is 31.0 Å². The Hall–Kier alpha value is -1.27. The number of rotatable bonds is 7. The van der Waals surface area contributed by atoms with Gasteiger partial charge in [0.25, 0.3) is 0 Å². The smallest absolute Gasteiger partial charge is 0.161 e. The number of aliphatic hydroxyl groups excluding tert-OH is 1. The highest BCUT2D eigenvalue weighted by atomic mass is 19.2. The Morgan fingerprint density at radius 1 is 1.21 bits per heavy atom. The Morgan fingerprint density at radius 2 is 1.89 bits per heavy atom. The van der Waals surface area contributed by atoms with Crippen molar-refractivity contribution in [3.63, 3.8) is 0 Å². The predicted octanol–water partition coefficient (Wildman–Crippen LogP) is 2.30. The van der Waals surface area contributed by atoms with Gasteiger partial charge in [-0.25, -0.2) is 13.2 Å². The molecule has 2 N–H and O–H groups in total. The maximum absolute atomic E-state index is 13.3. The summed E-state index contributed by atoms with van der Waals surface area (Å²) in [4.78, 5) is 0. The molecule has 0 radical (unpaired) electrons. The molecule has 0 bridgehead atoms. The van der Waals surface area contributed by atoms with Gasteiger partial charge in [-0.15, -0.1) is 0 Å². The summed E-state index contributed by atoms with van der Waals surface area (Å²) in [6.07, 6.45) is 1.49. The van der Waals surface area contributed by atoms with Crippen LogP contribution in [-0.2, 0) is 4.74 Å². The molecule has 1 aromatic rings. The maximum atomic E-state index is 13.3. The van der Waals surface area contributed by atoms with Gasteiger partial charge in [0, 0.05) is 25.3 Å². The van der Waals surface area contributed by atoms with Crippen LogP contribution in [0.1, 0.15) is 12.8 Å². The number of hydrogen-bond acceptors (Lipinski definition) is 3. The summed E-state index contributed by atoms with van der Waals surface area (Å²) in [5.41, 5.74) is -0.180. The lowest BCUT2D eigenvalue weighted by Crippen LogP contribution is -2.25. The second-order valence-electron chi connectivity index (χ2n) is 4.76. The third kappa shape index (κ3) is 4.40. The van der Waals surface area contributed by atoms with Crippen LogP contribution < -0.4 is 5.32 Å². The Morgan fingerprint density at radius 3 is 2.58 bits per heavy atom. The molecule has 1 aliphatic rings. The first-order valence-corrected chi connectivity index (χ1v) is 6.20. The highest BCUT2D eigenvalue weighted by Crippen LogP contribution is 2.28. The number of benzene rings is 1. The van der Waals surface area contributed by atoms with Crippen molar-refractivity contribution in [1.29, 1.82) is 0 Å². The Labute approximate surface area is 109 Å². The van der Waals surface area contributed by atoms with Gasteiger partial charge in [-0.1, -0.05) is 0 Å². The molecular formula is C13H16F3NO2. The fourth-order valence-corrected chi connectivity index (χ4v) is 1.60. The first kappa shape index (κ1) is 14.1. The summed E-state index contributed by atoms with van der Waals surface area (Å²) in [7, 11) is 0. The van der Waals surface area contributed by atoms with E-state index in [1.165, 1.54) is 0 Å². The van der Waals surface area contributed by atoms with Crippen LogP contribution in [0, 0.1) is 23.4 Å². The standard InChI is InChI=1S/C13H16F3NO2/c14-10-3-12(16)13(4-11(10)15)17-5-9(18)7-19-6-8-1-2-8/h3-4,8-9,17-18H,1-2,5-7H2. The van der Waals surface area contributed by atoms with E-state index in [2.05, 4.69) is 5.32 Å². The summed E-state index contributed by atoms with van der Waals surface area (Å²) in [6, 6.07) is 1.19. The van der Waals surface area contributed by atoms with Gasteiger partial charge in [-0.3, -0.25) is 0 Å². The molecule has 0 saturated heterocycles. The number of halogens is 3. The van der Waals surface area contributed by atoms with Crippen molar-refractivity contribution in [3.05, 3.63) is 29.6 Å². The van der Waals surface area contributed by atoms with E-state index in [9.17, 15) is 18.3 Å². The SMILES string of the molecule is OC(CNc1cc(F)c(F)cc1F)COCC1CC1. The minimum Gasteiger partial charge on any atom is -0.389 e. The molecule has 1 fully saturated rings. The third-order valence-corrected chi connectivity index (χ3v) is 2.90. The fourth-order valence-electron chi connectivity index (χ4n) is 1.60. The average molecular weight is 275 g/mol. The summed E-state index contributed by atoms with van der Waals surface area (Å²) in [5.74, 6) is -2.67. The molecule has 0 aliphatic heterocycles. The van der Waals surface area contributed by atoms with E-state index in [1.54, 1.807) is 0 Å². The van der Waals surface area contributed by atoms with Gasteiger partial charge in [-0.2, -0.15) is 0 Å². The molecule has 6 heteroatoms. The van der Waals surface area contributed by atoms with Crippen LogP contribution in [0.4, 0.5) is 18.9 Å². The van der Waals surface area contributed by atoms with Gasteiger partial charge in [0.1, 0.15) is 5.82 Å². The lowest BCUT2D eigenvalue weighted by Gasteiger charge is -2.13. The van der Waals surface area contributed by atoms with Gasteiger partial charge >= 0.3 is 0 Å². The Bertz CT molecular complexity index is 438. The Kier molecular flexibility index (Phi) is 4.66. The molecule has 0 amide bonds. The lowest BCUT2D eigenvalue weighted by atomic mass is 10.2. The summed E-state index contributed by atoms with van der Waals surface area (Å²) < 4.78 is 44.1. The topological polar surface area (TPSA) is 41.5 Å². The van der Waals surface area contributed by atoms with E-state index in [1.807, 2.05) is 0 Å². The molecule has 0 aromatic heterocycles. The molecule has 0 spiro atoms. The summed E-state index contributed by atoms with van der Waals surface area (Å²) in [5, 5.41) is 12.1. The van der Waals surface area contributed by atoms with E-state index in [0.29, 0.717) is 18.6 Å². The van der Waals surface area contributed by atoms with E-state index in [0.717, 1.165) is 18.9 Å². The number of ether oxygens (including phenoxy) is 1. The van der Waals surface area contributed by atoms with Crippen LogP contribution >= 0.6 is 0 Å². The zero-order valence-electron chi connectivity index (χ0n) is 10.3. The fraction of sp³-hybridized carbons (Fsp3) is 0.538. The van der Waals surface area contributed by atoms with Crippen LogP contribution in [0.25, 0.3) is 0 Å². The van der Waals surface area contributed by atoms with Gasteiger partial charge < -0.3 is 15.2 Å². The van der Waals surface area contributed by atoms with E-state index >= 15 is 0 Å². The second-order valence-corrected chi connectivity index (χ2v) is 4.76. The summed E-state index contributed by atoms with van der Waals surface area (Å²) >= 11 is 0. The summed E-state index contributed by atoms with van der Waals surface area (Å²) in [6.45, 7) is 0.762. The molecule has 106 valence electrons. The van der Waals surface area contributed by atoms with Gasteiger partial charge in [-0.05, 0) is 18.8 Å². The predicted molar refractivity (Wildman–Crippen MR) is 64.4 cm³/mol. The van der Waals surface area contributed by atoms with Crippen LogP contribution in [0.15, 0.2) is 12.1 Å². The van der Waals surface area contributed by atoms with Gasteiger partial charge in [0.05, 0.1) is 18.4 Å². The highest BCUT2D eigenvalue weighted by Gasteiger charge is 2.21. The van der Waals surface area contributed by atoms with Crippen molar-refractivity contribution in [2.45, 2.75) is 18.9 Å². The van der Waals surface area contributed by atoms with Crippen molar-refractivity contribution in [3.8, 4) is 0 Å². The van der Waals surface area contributed by atoms with Crippen LogP contribution in [0.2, 0.25) is 0 Å².